The minimum absolute atomic E-state index is 0.00995. The lowest BCUT2D eigenvalue weighted by Gasteiger charge is -2.23. The summed E-state index contributed by atoms with van der Waals surface area (Å²) < 4.78 is 128. The van der Waals surface area contributed by atoms with Crippen LogP contribution < -0.4 is 10.0 Å². The van der Waals surface area contributed by atoms with Crippen molar-refractivity contribution >= 4 is 32.9 Å². The molecule has 0 bridgehead atoms. The quantitative estimate of drug-likeness (QED) is 0.161. The fraction of sp³-hybridized carbons (Fsp3) is 0.303. The molecule has 1 saturated carbocycles. The lowest BCUT2D eigenvalue weighted by molar-refractivity contribution is -0.123. The number of hydrogen-bond donors (Lipinski definition) is 3. The topological polar surface area (TPSA) is 152 Å². The van der Waals surface area contributed by atoms with Crippen LogP contribution in [-0.2, 0) is 33.7 Å². The summed E-state index contributed by atoms with van der Waals surface area (Å²) in [5.74, 6) is -11.5. The standard InChI is InChI=1S/C33H26F7N7O4S/c1-13-25-26-29(31(37)38)45-47(30(26)33(39,40)27(13)25)12-24(48)42-22(7-14-5-16(34)9-17(35)6-14)28-18(10-21-23(43-28)11-41-44-21)15-3-4-20(36)19(8-15)32(49)46-52(2,50)51/h3-6,8-11,13,22,25,27,31H,7,12H2,1-2H3,(H,41,44)(H,42,48)(H,46,49)/t13-,22+,25-,27?/m1/s1. The highest BCUT2D eigenvalue weighted by molar-refractivity contribution is 7.89. The molecule has 0 saturated heterocycles. The van der Waals surface area contributed by atoms with Crippen molar-refractivity contribution in [1.29, 1.82) is 0 Å². The number of sulfonamides is 1. The number of nitrogens with one attached hydrogen (secondary N) is 3. The molecular formula is C33H26F7N7O4S. The van der Waals surface area contributed by atoms with Crippen LogP contribution in [0.3, 0.4) is 0 Å². The van der Waals surface area contributed by atoms with Crippen molar-refractivity contribution < 1.29 is 48.7 Å². The normalized spacial score (nSPS) is 19.4. The van der Waals surface area contributed by atoms with Crippen LogP contribution in [0.15, 0.2) is 48.7 Å². The van der Waals surface area contributed by atoms with Gasteiger partial charge in [0.25, 0.3) is 18.3 Å². The van der Waals surface area contributed by atoms with Gasteiger partial charge >= 0.3 is 0 Å². The summed E-state index contributed by atoms with van der Waals surface area (Å²) in [7, 11) is -4.10. The maximum Gasteiger partial charge on any atom is 0.293 e. The van der Waals surface area contributed by atoms with Crippen molar-refractivity contribution in [2.45, 2.75) is 44.2 Å². The third-order valence-corrected chi connectivity index (χ3v) is 9.80. The van der Waals surface area contributed by atoms with Gasteiger partial charge in [-0.3, -0.25) is 19.4 Å². The van der Waals surface area contributed by atoms with Crippen LogP contribution in [0.2, 0.25) is 0 Å². The largest absolute Gasteiger partial charge is 0.346 e. The van der Waals surface area contributed by atoms with Crippen molar-refractivity contribution in [1.82, 2.24) is 35.0 Å². The number of H-pyrrole nitrogens is 1. The van der Waals surface area contributed by atoms with Gasteiger partial charge in [-0.25, -0.2) is 40.1 Å². The predicted molar refractivity (Wildman–Crippen MR) is 169 cm³/mol. The number of hydrogen-bond acceptors (Lipinski definition) is 7. The molecule has 0 spiro atoms. The fourth-order valence-electron chi connectivity index (χ4n) is 7.11. The SMILES string of the molecule is C[C@H]1C2[C@H]1c1c(C(F)F)nn(CC(=O)N[C@@H](Cc3cc(F)cc(F)c3)c3nc4cn[nH]c4cc3-c3ccc(F)c(C(=O)NS(C)(=O)=O)c3)c1C2(F)F. The molecule has 1 fully saturated rings. The minimum atomic E-state index is -4.10. The number of benzene rings is 2. The van der Waals surface area contributed by atoms with Gasteiger partial charge in [-0.1, -0.05) is 13.0 Å². The molecule has 4 atom stereocenters. The number of alkyl halides is 4. The summed E-state index contributed by atoms with van der Waals surface area (Å²) in [5.41, 5.74) is -1.89. The van der Waals surface area contributed by atoms with Gasteiger partial charge in [0.1, 0.15) is 40.9 Å². The van der Waals surface area contributed by atoms with E-state index >= 15 is 8.78 Å². The maximum atomic E-state index is 15.5. The zero-order chi connectivity index (χ0) is 37.4. The average molecular weight is 750 g/mol. The third kappa shape index (κ3) is 6.26. The second-order valence-corrected chi connectivity index (χ2v) is 14.6. The number of aromatic amines is 1. The van der Waals surface area contributed by atoms with Gasteiger partial charge in [-0.05, 0) is 53.8 Å². The smallest absolute Gasteiger partial charge is 0.293 e. The van der Waals surface area contributed by atoms with E-state index in [9.17, 15) is 40.0 Å². The van der Waals surface area contributed by atoms with Gasteiger partial charge in [0.2, 0.25) is 15.9 Å². The van der Waals surface area contributed by atoms with Crippen LogP contribution in [0.5, 0.6) is 0 Å². The number of halogens is 7. The second-order valence-electron chi connectivity index (χ2n) is 12.9. The van der Waals surface area contributed by atoms with Crippen LogP contribution in [0, 0.1) is 29.3 Å². The Morgan fingerprint density at radius 3 is 2.42 bits per heavy atom. The number of pyridine rings is 1. The van der Waals surface area contributed by atoms with E-state index in [-0.39, 0.29) is 39.9 Å². The molecule has 3 N–H and O–H groups in total. The highest BCUT2D eigenvalue weighted by atomic mass is 32.2. The molecule has 0 radical (unpaired) electrons. The molecule has 272 valence electrons. The van der Waals surface area contributed by atoms with E-state index in [1.165, 1.54) is 25.3 Å². The van der Waals surface area contributed by atoms with Crippen LogP contribution in [0.4, 0.5) is 30.7 Å². The van der Waals surface area contributed by atoms with Crippen molar-refractivity contribution in [3.63, 3.8) is 0 Å². The average Bonchev–Trinajstić information content (AvgIpc) is 3.30. The highest BCUT2D eigenvalue weighted by Crippen LogP contribution is 2.71. The Bertz CT molecular complexity index is 2380. The van der Waals surface area contributed by atoms with Gasteiger partial charge < -0.3 is 5.32 Å². The number of carbonyl (C=O) groups excluding carboxylic acids is 2. The Hall–Kier alpha value is -5.33. The van der Waals surface area contributed by atoms with E-state index in [2.05, 4.69) is 25.6 Å². The van der Waals surface area contributed by atoms with E-state index in [0.717, 1.165) is 24.3 Å². The first-order chi connectivity index (χ1) is 24.4. The molecule has 52 heavy (non-hydrogen) atoms. The highest BCUT2D eigenvalue weighted by Gasteiger charge is 2.71. The Morgan fingerprint density at radius 1 is 1.04 bits per heavy atom. The summed E-state index contributed by atoms with van der Waals surface area (Å²) in [5, 5.41) is 12.9. The van der Waals surface area contributed by atoms with Crippen LogP contribution in [-0.4, -0.2) is 51.4 Å². The molecule has 19 heteroatoms. The fourth-order valence-corrected chi connectivity index (χ4v) is 7.55. The number of carbonyl (C=O) groups is 2. The number of amides is 2. The summed E-state index contributed by atoms with van der Waals surface area (Å²) in [6.45, 7) is 0.580. The molecule has 2 aliphatic carbocycles. The molecule has 2 aromatic carbocycles. The van der Waals surface area contributed by atoms with Crippen LogP contribution >= 0.6 is 0 Å². The van der Waals surface area contributed by atoms with Gasteiger partial charge in [0.05, 0.1) is 35.3 Å². The summed E-state index contributed by atoms with van der Waals surface area (Å²) in [6, 6.07) is 5.83. The molecule has 0 aliphatic heterocycles. The van der Waals surface area contributed by atoms with Crippen molar-refractivity contribution in [2.24, 2.45) is 11.8 Å². The summed E-state index contributed by atoms with van der Waals surface area (Å²) in [4.78, 5) is 31.0. The summed E-state index contributed by atoms with van der Waals surface area (Å²) >= 11 is 0. The summed E-state index contributed by atoms with van der Waals surface area (Å²) in [6.07, 6.45) is -1.56. The molecule has 3 aromatic heterocycles. The van der Waals surface area contributed by atoms with Crippen LogP contribution in [0.25, 0.3) is 22.2 Å². The molecule has 2 amide bonds. The van der Waals surface area contributed by atoms with Crippen molar-refractivity contribution in [3.05, 3.63) is 99.9 Å². The van der Waals surface area contributed by atoms with E-state index < -0.39 is 98.9 Å². The monoisotopic (exact) mass is 749 g/mol. The number of aromatic nitrogens is 5. The number of fused-ring (bicyclic) bond motifs is 4. The predicted octanol–water partition coefficient (Wildman–Crippen LogP) is 5.42. The molecular weight excluding hydrogens is 723 g/mol. The van der Waals surface area contributed by atoms with Gasteiger partial charge in [-0.15, -0.1) is 0 Å². The molecule has 11 nitrogen and oxygen atoms in total. The maximum absolute atomic E-state index is 15.5. The van der Waals surface area contributed by atoms with E-state index in [1.54, 1.807) is 4.72 Å². The minimum Gasteiger partial charge on any atom is -0.346 e. The molecule has 2 aliphatic rings. The van der Waals surface area contributed by atoms with Gasteiger partial charge in [0.15, 0.2) is 0 Å². The Morgan fingerprint density at radius 2 is 1.75 bits per heavy atom. The first kappa shape index (κ1) is 35.1. The van der Waals surface area contributed by atoms with Crippen molar-refractivity contribution in [3.8, 4) is 11.1 Å². The second kappa shape index (κ2) is 12.4. The van der Waals surface area contributed by atoms with Crippen molar-refractivity contribution in [2.75, 3.05) is 6.26 Å². The van der Waals surface area contributed by atoms with E-state index in [1.807, 2.05) is 0 Å². The molecule has 3 heterocycles. The zero-order valence-electron chi connectivity index (χ0n) is 26.9. The Balaban J connectivity index is 1.31. The van der Waals surface area contributed by atoms with Gasteiger partial charge in [-0.2, -0.15) is 19.0 Å². The van der Waals surface area contributed by atoms with Gasteiger partial charge in [0, 0.05) is 29.0 Å². The lowest BCUT2D eigenvalue weighted by Crippen LogP contribution is -2.35. The van der Waals surface area contributed by atoms with Crippen LogP contribution in [0.1, 0.15) is 63.9 Å². The zero-order valence-corrected chi connectivity index (χ0v) is 27.7. The third-order valence-electron chi connectivity index (χ3n) is 9.25. The molecule has 5 aromatic rings. The number of rotatable bonds is 10. The Kier molecular flexibility index (Phi) is 8.38. The van der Waals surface area contributed by atoms with E-state index in [4.69, 9.17) is 0 Å². The first-order valence-corrected chi connectivity index (χ1v) is 17.5. The molecule has 1 unspecified atom stereocenters. The van der Waals surface area contributed by atoms with E-state index in [0.29, 0.717) is 22.5 Å². The lowest BCUT2D eigenvalue weighted by atomic mass is 9.94. The Labute approximate surface area is 289 Å². The first-order valence-electron chi connectivity index (χ1n) is 15.6. The molecule has 7 rings (SSSR count). The number of nitrogens with zero attached hydrogens (tertiary/aromatic N) is 4.